The van der Waals surface area contributed by atoms with Crippen molar-refractivity contribution in [1.29, 1.82) is 0 Å². The molecule has 13 heavy (non-hydrogen) atoms. The van der Waals surface area contributed by atoms with Crippen molar-refractivity contribution in [3.63, 3.8) is 0 Å². The molecule has 0 unspecified atom stereocenters. The molecule has 2 heteroatoms. The smallest absolute Gasteiger partial charge is 0.146 e. The monoisotopic (exact) mass is 181 g/mol. The maximum atomic E-state index is 13.2. The van der Waals surface area contributed by atoms with Crippen LogP contribution in [0.5, 0.6) is 0 Å². The molecule has 0 fully saturated rings. The number of anilines is 1. The minimum atomic E-state index is -0.156. The third-order valence-corrected chi connectivity index (χ3v) is 2.05. The molecule has 0 radical (unpaired) electrons. The minimum Gasteiger partial charge on any atom is -0.382 e. The van der Waals surface area contributed by atoms with Crippen molar-refractivity contribution in [2.24, 2.45) is 0 Å². The molecule has 0 saturated carbocycles. The average Bonchev–Trinajstić information content (AvgIpc) is 2.10. The van der Waals surface area contributed by atoms with Crippen LogP contribution in [0.1, 0.15) is 25.3 Å². The van der Waals surface area contributed by atoms with E-state index >= 15 is 0 Å². The van der Waals surface area contributed by atoms with Crippen LogP contribution in [0, 0.1) is 12.7 Å². The van der Waals surface area contributed by atoms with Crippen LogP contribution in [-0.4, -0.2) is 6.54 Å². The molecule has 1 N–H and O–H groups in total. The number of unbranched alkanes of at least 4 members (excludes halogenated alkanes) is 1. The van der Waals surface area contributed by atoms with E-state index < -0.39 is 0 Å². The lowest BCUT2D eigenvalue weighted by Gasteiger charge is -2.09. The van der Waals surface area contributed by atoms with Crippen LogP contribution < -0.4 is 5.32 Å². The Morgan fingerprint density at radius 2 is 2.15 bits per heavy atom. The number of para-hydroxylation sites is 1. The predicted octanol–water partition coefficient (Wildman–Crippen LogP) is 3.35. The van der Waals surface area contributed by atoms with Gasteiger partial charge in [-0.3, -0.25) is 0 Å². The Balaban J connectivity index is 2.64. The van der Waals surface area contributed by atoms with Crippen LogP contribution in [0.15, 0.2) is 18.2 Å². The standard InChI is InChI=1S/C11H16FN/c1-3-4-8-13-11-9(2)6-5-7-10(11)12/h5-7,13H,3-4,8H2,1-2H3. The first-order valence-electron chi connectivity index (χ1n) is 4.74. The SMILES string of the molecule is CCCCNc1c(C)cccc1F. The zero-order valence-electron chi connectivity index (χ0n) is 8.23. The summed E-state index contributed by atoms with van der Waals surface area (Å²) >= 11 is 0. The second kappa shape index (κ2) is 4.85. The maximum Gasteiger partial charge on any atom is 0.146 e. The Kier molecular flexibility index (Phi) is 3.74. The van der Waals surface area contributed by atoms with Gasteiger partial charge in [0.05, 0.1) is 5.69 Å². The second-order valence-electron chi connectivity index (χ2n) is 3.21. The van der Waals surface area contributed by atoms with Gasteiger partial charge < -0.3 is 5.32 Å². The summed E-state index contributed by atoms with van der Waals surface area (Å²) in [5, 5.41) is 3.11. The molecule has 0 bridgehead atoms. The molecule has 72 valence electrons. The molecular weight excluding hydrogens is 165 g/mol. The van der Waals surface area contributed by atoms with Gasteiger partial charge in [0.2, 0.25) is 0 Å². The van der Waals surface area contributed by atoms with Gasteiger partial charge in [0, 0.05) is 6.54 Å². The fraction of sp³-hybridized carbons (Fsp3) is 0.455. The number of aryl methyl sites for hydroxylation is 1. The summed E-state index contributed by atoms with van der Waals surface area (Å²) in [5.41, 5.74) is 1.62. The quantitative estimate of drug-likeness (QED) is 0.702. The first kappa shape index (κ1) is 10.0. The van der Waals surface area contributed by atoms with Crippen molar-refractivity contribution < 1.29 is 4.39 Å². The molecule has 0 aliphatic carbocycles. The highest BCUT2D eigenvalue weighted by molar-refractivity contribution is 5.51. The van der Waals surface area contributed by atoms with Gasteiger partial charge in [-0.2, -0.15) is 0 Å². The Morgan fingerprint density at radius 3 is 2.77 bits per heavy atom. The molecule has 1 aromatic rings. The maximum absolute atomic E-state index is 13.2. The molecule has 1 rings (SSSR count). The summed E-state index contributed by atoms with van der Waals surface area (Å²) in [6.07, 6.45) is 2.20. The lowest BCUT2D eigenvalue weighted by molar-refractivity contribution is 0.628. The molecule has 0 atom stereocenters. The second-order valence-corrected chi connectivity index (χ2v) is 3.21. The Bertz CT molecular complexity index is 251. The number of rotatable bonds is 4. The van der Waals surface area contributed by atoms with Gasteiger partial charge >= 0.3 is 0 Å². The van der Waals surface area contributed by atoms with E-state index in [1.54, 1.807) is 6.07 Å². The topological polar surface area (TPSA) is 12.0 Å². The summed E-state index contributed by atoms with van der Waals surface area (Å²) in [7, 11) is 0. The van der Waals surface area contributed by atoms with E-state index in [0.717, 1.165) is 24.9 Å². The van der Waals surface area contributed by atoms with E-state index in [1.807, 2.05) is 13.0 Å². The van der Waals surface area contributed by atoms with Crippen molar-refractivity contribution >= 4 is 5.69 Å². The highest BCUT2D eigenvalue weighted by Crippen LogP contribution is 2.18. The van der Waals surface area contributed by atoms with Gasteiger partial charge in [-0.25, -0.2) is 4.39 Å². The van der Waals surface area contributed by atoms with E-state index in [0.29, 0.717) is 5.69 Å². The molecule has 0 spiro atoms. The molecule has 0 aliphatic heterocycles. The van der Waals surface area contributed by atoms with Crippen LogP contribution in [0.3, 0.4) is 0 Å². The van der Waals surface area contributed by atoms with Gasteiger partial charge in [0.25, 0.3) is 0 Å². The summed E-state index contributed by atoms with van der Waals surface area (Å²) in [5.74, 6) is -0.156. The van der Waals surface area contributed by atoms with E-state index in [2.05, 4.69) is 12.2 Å². The van der Waals surface area contributed by atoms with Gasteiger partial charge in [-0.1, -0.05) is 25.5 Å². The molecule has 1 nitrogen and oxygen atoms in total. The number of nitrogens with one attached hydrogen (secondary N) is 1. The summed E-state index contributed by atoms with van der Waals surface area (Å²) in [6, 6.07) is 5.13. The molecule has 0 saturated heterocycles. The van der Waals surface area contributed by atoms with Crippen molar-refractivity contribution in [1.82, 2.24) is 0 Å². The first-order valence-corrected chi connectivity index (χ1v) is 4.74. The Morgan fingerprint density at radius 1 is 1.38 bits per heavy atom. The molecule has 0 aliphatic rings. The van der Waals surface area contributed by atoms with Crippen LogP contribution in [0.4, 0.5) is 10.1 Å². The fourth-order valence-corrected chi connectivity index (χ4v) is 1.25. The molecule has 0 amide bonds. The van der Waals surface area contributed by atoms with Crippen LogP contribution in [0.25, 0.3) is 0 Å². The van der Waals surface area contributed by atoms with Crippen molar-refractivity contribution in [3.05, 3.63) is 29.6 Å². The van der Waals surface area contributed by atoms with Crippen LogP contribution in [0.2, 0.25) is 0 Å². The Labute approximate surface area is 79.0 Å². The van der Waals surface area contributed by atoms with Crippen molar-refractivity contribution in [2.45, 2.75) is 26.7 Å². The van der Waals surface area contributed by atoms with Gasteiger partial charge in [0.1, 0.15) is 5.82 Å². The van der Waals surface area contributed by atoms with E-state index in [9.17, 15) is 4.39 Å². The van der Waals surface area contributed by atoms with E-state index in [1.165, 1.54) is 6.07 Å². The third-order valence-electron chi connectivity index (χ3n) is 2.05. The van der Waals surface area contributed by atoms with Crippen molar-refractivity contribution in [3.8, 4) is 0 Å². The summed E-state index contributed by atoms with van der Waals surface area (Å²) in [6.45, 7) is 4.88. The van der Waals surface area contributed by atoms with Gasteiger partial charge in [-0.15, -0.1) is 0 Å². The lowest BCUT2D eigenvalue weighted by Crippen LogP contribution is -2.04. The normalized spacial score (nSPS) is 10.1. The zero-order valence-corrected chi connectivity index (χ0v) is 8.23. The van der Waals surface area contributed by atoms with Gasteiger partial charge in [-0.05, 0) is 25.0 Å². The minimum absolute atomic E-state index is 0.156. The lowest BCUT2D eigenvalue weighted by atomic mass is 10.2. The molecule has 1 aromatic carbocycles. The largest absolute Gasteiger partial charge is 0.382 e. The highest BCUT2D eigenvalue weighted by Gasteiger charge is 2.02. The third kappa shape index (κ3) is 2.72. The Hall–Kier alpha value is -1.05. The summed E-state index contributed by atoms with van der Waals surface area (Å²) in [4.78, 5) is 0. The number of hydrogen-bond acceptors (Lipinski definition) is 1. The fourth-order valence-electron chi connectivity index (χ4n) is 1.25. The van der Waals surface area contributed by atoms with Crippen LogP contribution >= 0.6 is 0 Å². The van der Waals surface area contributed by atoms with Gasteiger partial charge in [0.15, 0.2) is 0 Å². The summed E-state index contributed by atoms with van der Waals surface area (Å²) < 4.78 is 13.2. The number of benzene rings is 1. The molecular formula is C11H16FN. The molecule has 0 aromatic heterocycles. The highest BCUT2D eigenvalue weighted by atomic mass is 19.1. The van der Waals surface area contributed by atoms with Crippen molar-refractivity contribution in [2.75, 3.05) is 11.9 Å². The molecule has 0 heterocycles. The van der Waals surface area contributed by atoms with Crippen LogP contribution in [-0.2, 0) is 0 Å². The first-order chi connectivity index (χ1) is 6.25. The van der Waals surface area contributed by atoms with E-state index in [4.69, 9.17) is 0 Å². The van der Waals surface area contributed by atoms with E-state index in [-0.39, 0.29) is 5.82 Å². The number of hydrogen-bond donors (Lipinski definition) is 1. The average molecular weight is 181 g/mol. The predicted molar refractivity (Wildman–Crippen MR) is 54.5 cm³/mol. The number of halogens is 1. The zero-order chi connectivity index (χ0) is 9.68.